The van der Waals surface area contributed by atoms with E-state index in [2.05, 4.69) is 22.1 Å². The molecule has 100 valence electrons. The van der Waals surface area contributed by atoms with Gasteiger partial charge in [0, 0.05) is 26.1 Å². The van der Waals surface area contributed by atoms with Crippen LogP contribution in [0.5, 0.6) is 0 Å². The molecule has 0 radical (unpaired) electrons. The van der Waals surface area contributed by atoms with E-state index in [0.717, 1.165) is 31.5 Å². The summed E-state index contributed by atoms with van der Waals surface area (Å²) >= 11 is 0. The van der Waals surface area contributed by atoms with E-state index in [-0.39, 0.29) is 17.8 Å². The number of nitrogens with zero attached hydrogens (tertiary/aromatic N) is 3. The minimum absolute atomic E-state index is 0.116. The van der Waals surface area contributed by atoms with E-state index in [1.54, 1.807) is 11.9 Å². The van der Waals surface area contributed by atoms with Crippen molar-refractivity contribution in [2.75, 3.05) is 13.6 Å². The Morgan fingerprint density at radius 3 is 2.89 bits per heavy atom. The molecule has 1 aromatic heterocycles. The van der Waals surface area contributed by atoms with Gasteiger partial charge in [0.25, 0.3) is 5.91 Å². The Morgan fingerprint density at radius 2 is 2.33 bits per heavy atom. The van der Waals surface area contributed by atoms with Crippen LogP contribution in [0.25, 0.3) is 0 Å². The predicted octanol–water partition coefficient (Wildman–Crippen LogP) is 0.566. The quantitative estimate of drug-likeness (QED) is 0.773. The first-order valence-corrected chi connectivity index (χ1v) is 6.55. The van der Waals surface area contributed by atoms with E-state index >= 15 is 0 Å². The highest BCUT2D eigenvalue weighted by Gasteiger charge is 2.35. The number of H-pyrrole nitrogens is 1. The zero-order valence-electron chi connectivity index (χ0n) is 11.0. The molecule has 1 amide bonds. The zero-order chi connectivity index (χ0) is 13.1. The lowest BCUT2D eigenvalue weighted by Gasteiger charge is -2.25. The van der Waals surface area contributed by atoms with Crippen LogP contribution in [0.15, 0.2) is 0 Å². The molecular formula is C12H21N5O. The van der Waals surface area contributed by atoms with Crippen LogP contribution < -0.4 is 5.73 Å². The van der Waals surface area contributed by atoms with Crippen molar-refractivity contribution >= 4 is 5.91 Å². The lowest BCUT2D eigenvalue weighted by atomic mass is 10.1. The number of carbonyl (C=O) groups is 1. The maximum Gasteiger partial charge on any atom is 0.293 e. The summed E-state index contributed by atoms with van der Waals surface area (Å²) in [5, 5.41) is 6.79. The first-order valence-electron chi connectivity index (χ1n) is 6.55. The number of aryl methyl sites for hydroxylation is 1. The molecule has 2 rings (SSSR count). The third-order valence-corrected chi connectivity index (χ3v) is 3.44. The molecule has 1 aliphatic rings. The maximum atomic E-state index is 12.2. The third kappa shape index (κ3) is 2.69. The molecule has 0 aliphatic heterocycles. The molecule has 0 spiro atoms. The van der Waals surface area contributed by atoms with Crippen LogP contribution in [0.4, 0.5) is 0 Å². The fraction of sp³-hybridized carbons (Fsp3) is 0.750. The molecule has 18 heavy (non-hydrogen) atoms. The van der Waals surface area contributed by atoms with Gasteiger partial charge in [-0.1, -0.05) is 6.92 Å². The van der Waals surface area contributed by atoms with E-state index in [1.165, 1.54) is 0 Å². The normalized spacial score (nSPS) is 16.6. The summed E-state index contributed by atoms with van der Waals surface area (Å²) < 4.78 is 0. The molecule has 6 nitrogen and oxygen atoms in total. The molecular weight excluding hydrogens is 230 g/mol. The van der Waals surface area contributed by atoms with Crippen molar-refractivity contribution in [3.8, 4) is 0 Å². The summed E-state index contributed by atoms with van der Waals surface area (Å²) in [6, 6.07) is 0.116. The van der Waals surface area contributed by atoms with Crippen molar-refractivity contribution in [1.29, 1.82) is 0 Å². The van der Waals surface area contributed by atoms with Gasteiger partial charge in [-0.25, -0.2) is 4.98 Å². The first kappa shape index (κ1) is 13.0. The predicted molar refractivity (Wildman–Crippen MR) is 68.0 cm³/mol. The molecule has 1 fully saturated rings. The van der Waals surface area contributed by atoms with Crippen LogP contribution in [-0.2, 0) is 6.42 Å². The molecule has 0 aromatic carbocycles. The van der Waals surface area contributed by atoms with Gasteiger partial charge in [-0.15, -0.1) is 5.10 Å². The molecule has 1 atom stereocenters. The minimum atomic E-state index is -0.143. The summed E-state index contributed by atoms with van der Waals surface area (Å²) in [6.07, 6.45) is 4.11. The standard InChI is InChI=1S/C12H21N5O/c1-3-4-10-14-11(16-15-10)12(18)17(2)9(7-13)8-5-6-8/h8-9H,3-7,13H2,1-2H3,(H,14,15,16). The Hall–Kier alpha value is -1.43. The number of hydrogen-bond donors (Lipinski definition) is 2. The first-order chi connectivity index (χ1) is 8.67. The number of nitrogens with two attached hydrogens (primary N) is 1. The molecule has 0 bridgehead atoms. The van der Waals surface area contributed by atoms with Gasteiger partial charge in [0.2, 0.25) is 5.82 Å². The van der Waals surface area contributed by atoms with Crippen molar-refractivity contribution in [1.82, 2.24) is 20.1 Å². The summed E-state index contributed by atoms with van der Waals surface area (Å²) in [6.45, 7) is 2.56. The smallest absolute Gasteiger partial charge is 0.293 e. The minimum Gasteiger partial charge on any atom is -0.334 e. The van der Waals surface area contributed by atoms with Gasteiger partial charge in [0.1, 0.15) is 5.82 Å². The molecule has 1 aliphatic carbocycles. The van der Waals surface area contributed by atoms with Crippen LogP contribution in [-0.4, -0.2) is 45.6 Å². The van der Waals surface area contributed by atoms with Crippen LogP contribution >= 0.6 is 0 Å². The van der Waals surface area contributed by atoms with E-state index in [0.29, 0.717) is 12.5 Å². The number of hydrogen-bond acceptors (Lipinski definition) is 4. The topological polar surface area (TPSA) is 87.9 Å². The van der Waals surface area contributed by atoms with Gasteiger partial charge in [-0.05, 0) is 25.2 Å². The number of nitrogens with one attached hydrogen (secondary N) is 1. The van der Waals surface area contributed by atoms with E-state index < -0.39 is 0 Å². The molecule has 6 heteroatoms. The molecule has 1 unspecified atom stereocenters. The highest BCUT2D eigenvalue weighted by molar-refractivity contribution is 5.90. The Kier molecular flexibility index (Phi) is 3.96. The second-order valence-corrected chi connectivity index (χ2v) is 4.91. The van der Waals surface area contributed by atoms with E-state index in [4.69, 9.17) is 5.73 Å². The average Bonchev–Trinajstić information content (AvgIpc) is 3.09. The molecule has 1 saturated carbocycles. The van der Waals surface area contributed by atoms with Gasteiger partial charge in [0.15, 0.2) is 0 Å². The summed E-state index contributed by atoms with van der Waals surface area (Å²) in [4.78, 5) is 18.1. The van der Waals surface area contributed by atoms with Crippen molar-refractivity contribution in [3.05, 3.63) is 11.6 Å². The molecule has 1 heterocycles. The third-order valence-electron chi connectivity index (χ3n) is 3.44. The van der Waals surface area contributed by atoms with E-state index in [9.17, 15) is 4.79 Å². The molecule has 3 N–H and O–H groups in total. The van der Waals surface area contributed by atoms with Crippen LogP contribution in [0.1, 0.15) is 42.6 Å². The SMILES string of the molecule is CCCc1nc(C(=O)N(C)C(CN)C2CC2)n[nH]1. The van der Waals surface area contributed by atoms with E-state index in [1.807, 2.05) is 0 Å². The maximum absolute atomic E-state index is 12.2. The van der Waals surface area contributed by atoms with Crippen molar-refractivity contribution in [3.63, 3.8) is 0 Å². The van der Waals surface area contributed by atoms with Crippen molar-refractivity contribution in [2.45, 2.75) is 38.6 Å². The van der Waals surface area contributed by atoms with Gasteiger partial charge >= 0.3 is 0 Å². The summed E-state index contributed by atoms with van der Waals surface area (Å²) in [7, 11) is 1.79. The highest BCUT2D eigenvalue weighted by atomic mass is 16.2. The molecule has 0 saturated heterocycles. The van der Waals surface area contributed by atoms with Crippen LogP contribution in [0.3, 0.4) is 0 Å². The van der Waals surface area contributed by atoms with Crippen LogP contribution in [0.2, 0.25) is 0 Å². The Labute approximate surface area is 107 Å². The van der Waals surface area contributed by atoms with Gasteiger partial charge in [0.05, 0.1) is 0 Å². The number of amides is 1. The molecule has 1 aromatic rings. The van der Waals surface area contributed by atoms with Crippen molar-refractivity contribution in [2.24, 2.45) is 11.7 Å². The zero-order valence-corrected chi connectivity index (χ0v) is 11.0. The van der Waals surface area contributed by atoms with Crippen molar-refractivity contribution < 1.29 is 4.79 Å². The Morgan fingerprint density at radius 1 is 1.61 bits per heavy atom. The van der Waals surface area contributed by atoms with Crippen LogP contribution in [0, 0.1) is 5.92 Å². The number of likely N-dealkylation sites (N-methyl/N-ethyl adjacent to an activating group) is 1. The fourth-order valence-corrected chi connectivity index (χ4v) is 2.20. The second kappa shape index (κ2) is 5.48. The fourth-order valence-electron chi connectivity index (χ4n) is 2.20. The number of rotatable bonds is 6. The Bertz CT molecular complexity index is 412. The largest absolute Gasteiger partial charge is 0.334 e. The summed E-state index contributed by atoms with van der Waals surface area (Å²) in [5.41, 5.74) is 5.74. The highest BCUT2D eigenvalue weighted by Crippen LogP contribution is 2.34. The van der Waals surface area contributed by atoms with Gasteiger partial charge < -0.3 is 10.6 Å². The number of carbonyl (C=O) groups excluding carboxylic acids is 1. The number of aromatic nitrogens is 3. The lowest BCUT2D eigenvalue weighted by Crippen LogP contribution is -2.43. The number of aromatic amines is 1. The van der Waals surface area contributed by atoms with Gasteiger partial charge in [-0.3, -0.25) is 9.89 Å². The monoisotopic (exact) mass is 251 g/mol. The average molecular weight is 251 g/mol. The van der Waals surface area contributed by atoms with Gasteiger partial charge in [-0.2, -0.15) is 0 Å². The lowest BCUT2D eigenvalue weighted by molar-refractivity contribution is 0.0706. The Balaban J connectivity index is 2.04. The summed E-state index contributed by atoms with van der Waals surface area (Å²) in [5.74, 6) is 1.43. The second-order valence-electron chi connectivity index (χ2n) is 4.91.